The maximum absolute atomic E-state index is 14.1. The van der Waals surface area contributed by atoms with Crippen LogP contribution in [-0.2, 0) is 33.3 Å². The Morgan fingerprint density at radius 3 is 1.67 bits per heavy atom. The largest absolute Gasteiger partial charge is 0.460 e. The number of esters is 3. The van der Waals surface area contributed by atoms with Gasteiger partial charge in [0.15, 0.2) is 0 Å². The smallest absolute Gasteiger partial charge is 0.438 e. The van der Waals surface area contributed by atoms with Crippen LogP contribution in [0.1, 0.15) is 20.3 Å². The summed E-state index contributed by atoms with van der Waals surface area (Å²) < 4.78 is 189. The molecule has 0 rings (SSSR count). The molecule has 0 aromatic heterocycles. The molecule has 0 saturated heterocycles. The van der Waals surface area contributed by atoms with Crippen molar-refractivity contribution in [3.8, 4) is 0 Å². The number of rotatable bonds is 14. The third kappa shape index (κ3) is 9.13. The van der Waals surface area contributed by atoms with E-state index in [1.807, 2.05) is 0 Å². The summed E-state index contributed by atoms with van der Waals surface area (Å²) in [5.41, 5.74) is -7.88. The second-order valence-corrected chi connectivity index (χ2v) is 7.70. The van der Waals surface area contributed by atoms with Crippen LogP contribution >= 0.6 is 0 Å². The van der Waals surface area contributed by atoms with Crippen LogP contribution in [0.4, 0.5) is 57.1 Å². The van der Waals surface area contributed by atoms with Gasteiger partial charge in [0.05, 0.1) is 13.0 Å². The van der Waals surface area contributed by atoms with Crippen LogP contribution < -0.4 is 0 Å². The average molecular weight is 606 g/mol. The standard InChI is InChI=1S/C19H19F13O7/c1-9(2)12(34)38-5-4-37-11(33)8-36-7-10(39-13(35)14(3,20)21)6-15(22,23)17(25,26)16(24,18(27,28)29)19(30,31)32/h10H,1,4-8H2,2-3H3. The van der Waals surface area contributed by atoms with E-state index < -0.39 is 92.6 Å². The normalized spacial score (nSPS) is 14.4. The van der Waals surface area contributed by atoms with Crippen molar-refractivity contribution in [2.24, 2.45) is 0 Å². The maximum Gasteiger partial charge on any atom is 0.438 e. The van der Waals surface area contributed by atoms with Crippen molar-refractivity contribution in [2.45, 2.75) is 62.2 Å². The highest BCUT2D eigenvalue weighted by Crippen LogP contribution is 2.60. The highest BCUT2D eigenvalue weighted by molar-refractivity contribution is 5.86. The fourth-order valence-electron chi connectivity index (χ4n) is 2.30. The molecule has 20 heteroatoms. The van der Waals surface area contributed by atoms with Crippen molar-refractivity contribution >= 4 is 17.9 Å². The summed E-state index contributed by atoms with van der Waals surface area (Å²) in [6.45, 7) is -0.0562. The number of ether oxygens (including phenoxy) is 4. The number of alkyl halides is 13. The molecule has 0 amide bonds. The van der Waals surface area contributed by atoms with Crippen LogP contribution in [0.5, 0.6) is 0 Å². The van der Waals surface area contributed by atoms with E-state index in [1.165, 1.54) is 6.92 Å². The molecule has 0 heterocycles. The topological polar surface area (TPSA) is 88.1 Å². The van der Waals surface area contributed by atoms with Gasteiger partial charge < -0.3 is 18.9 Å². The van der Waals surface area contributed by atoms with Crippen LogP contribution in [0.15, 0.2) is 12.2 Å². The van der Waals surface area contributed by atoms with Crippen molar-refractivity contribution in [1.29, 1.82) is 0 Å². The first-order valence-electron chi connectivity index (χ1n) is 9.95. The monoisotopic (exact) mass is 606 g/mol. The summed E-state index contributed by atoms with van der Waals surface area (Å²) in [4.78, 5) is 33.9. The first-order valence-corrected chi connectivity index (χ1v) is 9.95. The van der Waals surface area contributed by atoms with Gasteiger partial charge in [-0.1, -0.05) is 6.58 Å². The summed E-state index contributed by atoms with van der Waals surface area (Å²) in [6.07, 6.45) is -21.6. The van der Waals surface area contributed by atoms with E-state index >= 15 is 0 Å². The van der Waals surface area contributed by atoms with Gasteiger partial charge in [0, 0.05) is 12.5 Å². The SMILES string of the molecule is C=C(C)C(=O)OCCOC(=O)COCC(CC(F)(F)C(F)(F)C(F)(C(F)(F)F)C(F)(F)F)OC(=O)C(C)(F)F. The predicted molar refractivity (Wildman–Crippen MR) is 98.5 cm³/mol. The lowest BCUT2D eigenvalue weighted by molar-refractivity contribution is -0.428. The zero-order valence-corrected chi connectivity index (χ0v) is 19.6. The Morgan fingerprint density at radius 2 is 1.26 bits per heavy atom. The minimum Gasteiger partial charge on any atom is -0.460 e. The lowest BCUT2D eigenvalue weighted by Gasteiger charge is -2.40. The lowest BCUT2D eigenvalue weighted by atomic mass is 9.88. The zero-order valence-electron chi connectivity index (χ0n) is 19.6. The van der Waals surface area contributed by atoms with Gasteiger partial charge in [0.1, 0.15) is 25.9 Å². The quantitative estimate of drug-likeness (QED) is 0.0930. The molecule has 0 aromatic rings. The summed E-state index contributed by atoms with van der Waals surface area (Å²) in [5.74, 6) is -23.9. The second-order valence-electron chi connectivity index (χ2n) is 7.70. The van der Waals surface area contributed by atoms with Gasteiger partial charge in [-0.05, 0) is 6.92 Å². The molecule has 228 valence electrons. The highest BCUT2D eigenvalue weighted by Gasteiger charge is 2.90. The summed E-state index contributed by atoms with van der Waals surface area (Å²) >= 11 is 0. The molecule has 39 heavy (non-hydrogen) atoms. The fourth-order valence-corrected chi connectivity index (χ4v) is 2.30. The summed E-state index contributed by atoms with van der Waals surface area (Å²) in [7, 11) is 0. The first-order chi connectivity index (χ1) is 17.2. The van der Waals surface area contributed by atoms with Crippen molar-refractivity contribution in [3.05, 3.63) is 12.2 Å². The number of carbonyl (C=O) groups is 3. The number of hydrogen-bond donors (Lipinski definition) is 0. The van der Waals surface area contributed by atoms with Crippen LogP contribution in [0.3, 0.4) is 0 Å². The Hall–Kier alpha value is -2.80. The molecule has 0 saturated carbocycles. The van der Waals surface area contributed by atoms with Gasteiger partial charge in [0.25, 0.3) is 0 Å². The van der Waals surface area contributed by atoms with E-state index in [0.29, 0.717) is 0 Å². The van der Waals surface area contributed by atoms with Crippen LogP contribution in [0.2, 0.25) is 0 Å². The Bertz CT molecular complexity index is 878. The van der Waals surface area contributed by atoms with Crippen LogP contribution in [-0.4, -0.2) is 86.2 Å². The Kier molecular flexibility index (Phi) is 11.7. The molecule has 0 N–H and O–H groups in total. The Balaban J connectivity index is 5.68. The van der Waals surface area contributed by atoms with Crippen molar-refractivity contribution in [1.82, 2.24) is 0 Å². The Labute approximate surface area is 210 Å². The lowest BCUT2D eigenvalue weighted by Crippen LogP contribution is -2.70. The average Bonchev–Trinajstić information content (AvgIpc) is 2.72. The molecule has 0 bridgehead atoms. The molecule has 0 aliphatic carbocycles. The summed E-state index contributed by atoms with van der Waals surface area (Å²) in [6, 6.07) is 0. The van der Waals surface area contributed by atoms with E-state index in [9.17, 15) is 71.5 Å². The predicted octanol–water partition coefficient (Wildman–Crippen LogP) is 4.73. The van der Waals surface area contributed by atoms with Gasteiger partial charge in [-0.15, -0.1) is 0 Å². The first kappa shape index (κ1) is 36.2. The van der Waals surface area contributed by atoms with Crippen LogP contribution in [0, 0.1) is 0 Å². The highest BCUT2D eigenvalue weighted by atomic mass is 19.4. The van der Waals surface area contributed by atoms with Gasteiger partial charge in [-0.25, -0.2) is 18.8 Å². The minimum atomic E-state index is -7.84. The van der Waals surface area contributed by atoms with Crippen molar-refractivity contribution in [2.75, 3.05) is 26.4 Å². The minimum absolute atomic E-state index is 0.0410. The van der Waals surface area contributed by atoms with Crippen molar-refractivity contribution < 1.29 is 90.4 Å². The number of hydrogen-bond acceptors (Lipinski definition) is 7. The third-order valence-corrected chi connectivity index (χ3v) is 4.24. The molecular formula is C19H19F13O7. The van der Waals surface area contributed by atoms with E-state index in [-0.39, 0.29) is 12.5 Å². The van der Waals surface area contributed by atoms with Gasteiger partial charge in [0.2, 0.25) is 0 Å². The molecular weight excluding hydrogens is 587 g/mol. The zero-order chi connectivity index (χ0) is 31.3. The molecule has 1 atom stereocenters. The summed E-state index contributed by atoms with van der Waals surface area (Å²) in [5, 5.41) is 0. The maximum atomic E-state index is 14.1. The van der Waals surface area contributed by atoms with E-state index in [1.54, 1.807) is 0 Å². The number of halogens is 13. The van der Waals surface area contributed by atoms with E-state index in [2.05, 4.69) is 25.5 Å². The molecule has 1 unspecified atom stereocenters. The van der Waals surface area contributed by atoms with E-state index in [4.69, 9.17) is 0 Å². The second kappa shape index (κ2) is 12.6. The molecule has 0 fully saturated rings. The molecule has 0 aliphatic rings. The van der Waals surface area contributed by atoms with E-state index in [0.717, 1.165) is 0 Å². The molecule has 7 nitrogen and oxygen atoms in total. The molecule has 0 aliphatic heterocycles. The number of carbonyl (C=O) groups excluding carboxylic acids is 3. The molecule has 0 spiro atoms. The Morgan fingerprint density at radius 1 is 0.795 bits per heavy atom. The molecule has 0 radical (unpaired) electrons. The fraction of sp³-hybridized carbons (Fsp3) is 0.737. The molecule has 0 aromatic carbocycles. The third-order valence-electron chi connectivity index (χ3n) is 4.24. The van der Waals surface area contributed by atoms with Crippen LogP contribution in [0.25, 0.3) is 0 Å². The van der Waals surface area contributed by atoms with Gasteiger partial charge >= 0.3 is 53.7 Å². The van der Waals surface area contributed by atoms with Gasteiger partial charge in [-0.2, -0.15) is 52.7 Å². The van der Waals surface area contributed by atoms with Crippen molar-refractivity contribution in [3.63, 3.8) is 0 Å². The van der Waals surface area contributed by atoms with Gasteiger partial charge in [-0.3, -0.25) is 0 Å².